The van der Waals surface area contributed by atoms with Crippen LogP contribution in [-0.2, 0) is 32.0 Å². The quantitative estimate of drug-likeness (QED) is 0.478. The van der Waals surface area contributed by atoms with Gasteiger partial charge >= 0.3 is 0 Å². The summed E-state index contributed by atoms with van der Waals surface area (Å²) in [5, 5.41) is 18.3. The van der Waals surface area contributed by atoms with Crippen LogP contribution in [0, 0.1) is 5.82 Å². The Morgan fingerprint density at radius 1 is 1.39 bits per heavy atom. The molecule has 31 heavy (non-hydrogen) atoms. The minimum absolute atomic E-state index is 0.0870. The Morgan fingerprint density at radius 3 is 2.84 bits per heavy atom. The molecule has 12 heteroatoms. The van der Waals surface area contributed by atoms with E-state index in [-0.39, 0.29) is 24.8 Å². The van der Waals surface area contributed by atoms with Gasteiger partial charge in [-0.05, 0) is 18.2 Å². The molecule has 164 valence electrons. The number of hydrogen-bond donors (Lipinski definition) is 3. The van der Waals surface area contributed by atoms with E-state index in [4.69, 9.17) is 25.1 Å². The molecule has 0 radical (unpaired) electrons. The van der Waals surface area contributed by atoms with Crippen molar-refractivity contribution >= 4 is 12.4 Å². The molecule has 1 fully saturated rings. The zero-order valence-corrected chi connectivity index (χ0v) is 16.4. The lowest BCUT2D eigenvalue weighted by Crippen LogP contribution is -2.32. The number of primary amides is 1. The normalized spacial score (nSPS) is 15.7. The topological polar surface area (TPSA) is 158 Å². The maximum absolute atomic E-state index is 14.1. The highest BCUT2D eigenvalue weighted by atomic mass is 19.1. The van der Waals surface area contributed by atoms with E-state index in [1.807, 2.05) is 0 Å². The molecule has 11 nitrogen and oxygen atoms in total. The average molecular weight is 432 g/mol. The molecule has 0 bridgehead atoms. The van der Waals surface area contributed by atoms with Crippen LogP contribution in [0.1, 0.15) is 5.82 Å². The van der Waals surface area contributed by atoms with Crippen molar-refractivity contribution in [3.63, 3.8) is 0 Å². The van der Waals surface area contributed by atoms with Crippen LogP contribution in [0.5, 0.6) is 0 Å². The van der Waals surface area contributed by atoms with Crippen molar-refractivity contribution in [3.8, 4) is 22.8 Å². The second-order valence-corrected chi connectivity index (χ2v) is 6.50. The van der Waals surface area contributed by atoms with Crippen molar-refractivity contribution in [2.75, 3.05) is 19.8 Å². The first-order valence-corrected chi connectivity index (χ1v) is 9.31. The lowest BCUT2D eigenvalue weighted by Gasteiger charge is -2.23. The van der Waals surface area contributed by atoms with Crippen molar-refractivity contribution in [2.24, 2.45) is 5.73 Å². The maximum Gasteiger partial charge on any atom is 0.290 e. The van der Waals surface area contributed by atoms with Gasteiger partial charge < -0.3 is 20.3 Å². The van der Waals surface area contributed by atoms with Crippen molar-refractivity contribution in [3.05, 3.63) is 42.0 Å². The Hall–Kier alpha value is -3.64. The first-order valence-electron chi connectivity index (χ1n) is 9.31. The maximum atomic E-state index is 14.1. The summed E-state index contributed by atoms with van der Waals surface area (Å²) < 4.78 is 26.8. The van der Waals surface area contributed by atoms with E-state index in [1.165, 1.54) is 6.07 Å². The molecule has 2 aromatic heterocycles. The minimum Gasteiger partial charge on any atom is -0.483 e. The van der Waals surface area contributed by atoms with Crippen LogP contribution in [0.25, 0.3) is 22.8 Å². The number of carbonyl (C=O) groups is 2. The third-order valence-electron chi connectivity index (χ3n) is 4.28. The molecule has 1 atom stereocenters. The van der Waals surface area contributed by atoms with Crippen LogP contribution >= 0.6 is 0 Å². The molecule has 0 saturated carbocycles. The van der Waals surface area contributed by atoms with Gasteiger partial charge in [-0.1, -0.05) is 12.1 Å². The summed E-state index contributed by atoms with van der Waals surface area (Å²) in [5.74, 6) is -0.149. The molecule has 4 N–H and O–H groups in total. The van der Waals surface area contributed by atoms with E-state index in [2.05, 4.69) is 20.3 Å². The largest absolute Gasteiger partial charge is 0.483 e. The minimum atomic E-state index is -0.530. The van der Waals surface area contributed by atoms with Gasteiger partial charge in [-0.15, -0.1) is 0 Å². The summed E-state index contributed by atoms with van der Waals surface area (Å²) in [6.45, 7) is 1.63. The molecule has 1 saturated heterocycles. The van der Waals surface area contributed by atoms with Crippen LogP contribution in [0.4, 0.5) is 4.39 Å². The number of nitrogens with one attached hydrogen (secondary N) is 1. The summed E-state index contributed by atoms with van der Waals surface area (Å²) in [5.41, 5.74) is 6.62. The van der Waals surface area contributed by atoms with Gasteiger partial charge in [0.15, 0.2) is 11.6 Å². The standard InChI is InChI=1S/C18H19FN6O3.CH2O2/c19-13-4-2-1-3-12(13)14-7-15(23-22-14)18-21-17(8-16(20)26)24-25(18)9-11-10-27-5-6-28-11;2-1-3/h1-4,7,11H,5-6,8-10H2,(H2,20,26)(H,22,23);1H,(H,2,3). The predicted molar refractivity (Wildman–Crippen MR) is 105 cm³/mol. The Morgan fingerprint density at radius 2 is 2.16 bits per heavy atom. The summed E-state index contributed by atoms with van der Waals surface area (Å²) in [6, 6.07) is 8.06. The van der Waals surface area contributed by atoms with Gasteiger partial charge in [-0.25, -0.2) is 14.1 Å². The van der Waals surface area contributed by atoms with Gasteiger partial charge in [-0.2, -0.15) is 10.2 Å². The zero-order valence-electron chi connectivity index (χ0n) is 16.4. The number of halogens is 1. The molecular formula is C19H21FN6O5. The Bertz CT molecular complexity index is 1030. The van der Waals surface area contributed by atoms with E-state index in [0.717, 1.165) is 0 Å². The molecule has 3 heterocycles. The Balaban J connectivity index is 0.000000858. The van der Waals surface area contributed by atoms with Crippen molar-refractivity contribution in [1.29, 1.82) is 0 Å². The van der Waals surface area contributed by atoms with Crippen molar-refractivity contribution in [1.82, 2.24) is 25.0 Å². The molecule has 1 aliphatic rings. The summed E-state index contributed by atoms with van der Waals surface area (Å²) in [6.07, 6.45) is -0.277. The molecule has 1 unspecified atom stereocenters. The van der Waals surface area contributed by atoms with E-state index in [0.29, 0.717) is 55.0 Å². The van der Waals surface area contributed by atoms with Gasteiger partial charge in [0, 0.05) is 5.56 Å². The van der Waals surface area contributed by atoms with Crippen LogP contribution < -0.4 is 5.73 Å². The Labute approximate surface area is 176 Å². The second-order valence-electron chi connectivity index (χ2n) is 6.50. The fourth-order valence-corrected chi connectivity index (χ4v) is 3.02. The van der Waals surface area contributed by atoms with Gasteiger partial charge in [-0.3, -0.25) is 14.7 Å². The van der Waals surface area contributed by atoms with Gasteiger partial charge in [0.25, 0.3) is 6.47 Å². The first-order chi connectivity index (χ1) is 15.0. The lowest BCUT2D eigenvalue weighted by molar-refractivity contribution is -0.123. The SMILES string of the molecule is NC(=O)Cc1nc(-c2cc(-c3ccccc3F)n[nH]2)n(CC2COCCO2)n1.O=CO. The summed E-state index contributed by atoms with van der Waals surface area (Å²) in [7, 11) is 0. The molecule has 3 aromatic rings. The number of carbonyl (C=O) groups excluding carboxylic acids is 1. The smallest absolute Gasteiger partial charge is 0.290 e. The molecule has 4 rings (SSSR count). The molecule has 1 amide bonds. The monoisotopic (exact) mass is 432 g/mol. The van der Waals surface area contributed by atoms with Crippen LogP contribution in [0.15, 0.2) is 30.3 Å². The van der Waals surface area contributed by atoms with Crippen LogP contribution in [0.3, 0.4) is 0 Å². The van der Waals surface area contributed by atoms with Crippen LogP contribution in [-0.4, -0.2) is 68.4 Å². The molecular weight excluding hydrogens is 411 g/mol. The average Bonchev–Trinajstić information content (AvgIpc) is 3.36. The molecule has 1 aliphatic heterocycles. The van der Waals surface area contributed by atoms with E-state index < -0.39 is 5.91 Å². The van der Waals surface area contributed by atoms with Gasteiger partial charge in [0.05, 0.1) is 38.5 Å². The highest BCUT2D eigenvalue weighted by molar-refractivity contribution is 5.75. The third-order valence-corrected chi connectivity index (χ3v) is 4.28. The molecule has 0 aliphatic carbocycles. The molecule has 0 spiro atoms. The number of carboxylic acid groups (broad SMARTS) is 1. The summed E-state index contributed by atoms with van der Waals surface area (Å²) >= 11 is 0. The number of H-pyrrole nitrogens is 1. The van der Waals surface area contributed by atoms with Gasteiger partial charge in [0.2, 0.25) is 5.91 Å². The predicted octanol–water partition coefficient (Wildman–Crippen LogP) is 0.618. The van der Waals surface area contributed by atoms with Crippen molar-refractivity contribution < 1.29 is 28.6 Å². The lowest BCUT2D eigenvalue weighted by atomic mass is 10.1. The number of aromatic amines is 1. The number of hydrogen-bond acceptors (Lipinski definition) is 7. The fraction of sp³-hybridized carbons (Fsp3) is 0.316. The first kappa shape index (κ1) is 22.1. The van der Waals surface area contributed by atoms with E-state index >= 15 is 0 Å². The van der Waals surface area contributed by atoms with E-state index in [9.17, 15) is 9.18 Å². The fourth-order valence-electron chi connectivity index (χ4n) is 3.02. The number of ether oxygens (including phenoxy) is 2. The highest BCUT2D eigenvalue weighted by Gasteiger charge is 2.21. The zero-order chi connectivity index (χ0) is 22.2. The second kappa shape index (κ2) is 10.4. The van der Waals surface area contributed by atoms with E-state index in [1.54, 1.807) is 28.9 Å². The third kappa shape index (κ3) is 5.71. The number of amides is 1. The number of rotatable bonds is 6. The van der Waals surface area contributed by atoms with Gasteiger partial charge in [0.1, 0.15) is 17.6 Å². The number of benzene rings is 1. The number of nitrogens with zero attached hydrogens (tertiary/aromatic N) is 4. The number of nitrogens with two attached hydrogens (primary N) is 1. The number of aromatic nitrogens is 5. The van der Waals surface area contributed by atoms with Crippen molar-refractivity contribution in [2.45, 2.75) is 19.1 Å². The summed E-state index contributed by atoms with van der Waals surface area (Å²) in [4.78, 5) is 24.0. The Kier molecular flexibility index (Phi) is 7.40. The van der Waals surface area contributed by atoms with Crippen LogP contribution in [0.2, 0.25) is 0 Å². The highest BCUT2D eigenvalue weighted by Crippen LogP contribution is 2.25. The molecule has 1 aromatic carbocycles.